The molecule has 1 saturated heterocycles. The molecule has 16 heavy (non-hydrogen) atoms. The fourth-order valence-corrected chi connectivity index (χ4v) is 2.21. The molecule has 0 aliphatic carbocycles. The lowest BCUT2D eigenvalue weighted by atomic mass is 10.0. The molecule has 1 aromatic rings. The number of hydrogen-bond acceptors (Lipinski definition) is 3. The Labute approximate surface area is 93.7 Å². The third-order valence-electron chi connectivity index (χ3n) is 3.00. The van der Waals surface area contributed by atoms with Crippen molar-refractivity contribution in [3.8, 4) is 0 Å². The Morgan fingerprint density at radius 1 is 1.19 bits per heavy atom. The van der Waals surface area contributed by atoms with Crippen molar-refractivity contribution in [1.29, 1.82) is 0 Å². The van der Waals surface area contributed by atoms with E-state index >= 15 is 0 Å². The summed E-state index contributed by atoms with van der Waals surface area (Å²) < 4.78 is 11.0. The molecule has 0 N–H and O–H groups in total. The van der Waals surface area contributed by atoms with E-state index < -0.39 is 0 Å². The molecule has 3 nitrogen and oxygen atoms in total. The predicted molar refractivity (Wildman–Crippen MR) is 57.7 cm³/mol. The van der Waals surface area contributed by atoms with Gasteiger partial charge in [-0.15, -0.1) is 0 Å². The second kappa shape index (κ2) is 3.76. The highest BCUT2D eigenvalue weighted by molar-refractivity contribution is 5.83. The van der Waals surface area contributed by atoms with Gasteiger partial charge in [-0.2, -0.15) is 0 Å². The lowest BCUT2D eigenvalue weighted by Crippen LogP contribution is -2.28. The molecule has 2 heterocycles. The van der Waals surface area contributed by atoms with Crippen molar-refractivity contribution in [1.82, 2.24) is 0 Å². The van der Waals surface area contributed by atoms with Crippen LogP contribution in [0.15, 0.2) is 42.5 Å². The first kappa shape index (κ1) is 9.60. The topological polar surface area (TPSA) is 35.5 Å². The fourth-order valence-electron chi connectivity index (χ4n) is 2.21. The Kier molecular flexibility index (Phi) is 2.26. The molecule has 3 heteroatoms. The molecule has 0 bridgehead atoms. The number of hydrogen-bond donors (Lipinski definition) is 0. The Hall–Kier alpha value is -1.61. The van der Waals surface area contributed by atoms with Crippen molar-refractivity contribution in [2.24, 2.45) is 0 Å². The summed E-state index contributed by atoms with van der Waals surface area (Å²) >= 11 is 0. The van der Waals surface area contributed by atoms with E-state index in [-0.39, 0.29) is 24.3 Å². The van der Waals surface area contributed by atoms with E-state index in [1.165, 1.54) is 6.08 Å². The molecule has 2 aliphatic rings. The number of rotatable bonds is 1. The first-order chi connectivity index (χ1) is 7.83. The van der Waals surface area contributed by atoms with Gasteiger partial charge in [0.15, 0.2) is 0 Å². The summed E-state index contributed by atoms with van der Waals surface area (Å²) in [6, 6.07) is 10.0. The maximum absolute atomic E-state index is 11.1. The highest BCUT2D eigenvalue weighted by atomic mass is 16.6. The summed E-state index contributed by atoms with van der Waals surface area (Å²) in [5, 5.41) is 0. The maximum Gasteiger partial charge on any atom is 0.330 e. The zero-order valence-corrected chi connectivity index (χ0v) is 8.71. The van der Waals surface area contributed by atoms with Crippen LogP contribution in [0.2, 0.25) is 0 Å². The van der Waals surface area contributed by atoms with Crippen molar-refractivity contribution < 1.29 is 14.3 Å². The monoisotopic (exact) mass is 216 g/mol. The Balaban J connectivity index is 1.79. The van der Waals surface area contributed by atoms with E-state index in [1.54, 1.807) is 6.08 Å². The van der Waals surface area contributed by atoms with Crippen molar-refractivity contribution in [2.75, 3.05) is 0 Å². The zero-order valence-electron chi connectivity index (χ0n) is 8.71. The molecule has 0 saturated carbocycles. The lowest BCUT2D eigenvalue weighted by molar-refractivity contribution is -0.146. The average molecular weight is 216 g/mol. The summed E-state index contributed by atoms with van der Waals surface area (Å²) in [6.07, 6.45) is 3.80. The van der Waals surface area contributed by atoms with Crippen molar-refractivity contribution >= 4 is 5.97 Å². The molecule has 1 aromatic carbocycles. The van der Waals surface area contributed by atoms with Gasteiger partial charge in [-0.25, -0.2) is 4.79 Å². The number of fused-ring (bicyclic) bond motifs is 1. The third kappa shape index (κ3) is 1.63. The number of carbonyl (C=O) groups is 1. The van der Waals surface area contributed by atoms with E-state index in [0.717, 1.165) is 12.0 Å². The van der Waals surface area contributed by atoms with E-state index in [4.69, 9.17) is 9.47 Å². The molecular weight excluding hydrogens is 204 g/mol. The van der Waals surface area contributed by atoms with Gasteiger partial charge in [-0.1, -0.05) is 30.3 Å². The molecule has 0 unspecified atom stereocenters. The minimum atomic E-state index is -0.265. The van der Waals surface area contributed by atoms with Gasteiger partial charge in [0.25, 0.3) is 0 Å². The number of esters is 1. The fraction of sp³-hybridized carbons (Fsp3) is 0.308. The predicted octanol–water partition coefficient (Wildman–Crippen LogP) is 2.00. The van der Waals surface area contributed by atoms with Gasteiger partial charge in [0.1, 0.15) is 12.2 Å². The van der Waals surface area contributed by atoms with Gasteiger partial charge in [0.05, 0.1) is 6.10 Å². The number of carbonyl (C=O) groups excluding carboxylic acids is 1. The molecule has 0 amide bonds. The Bertz CT molecular complexity index is 424. The minimum Gasteiger partial charge on any atom is -0.456 e. The van der Waals surface area contributed by atoms with Crippen molar-refractivity contribution in [2.45, 2.75) is 24.7 Å². The SMILES string of the molecule is O=C1C=C[C@H]2O[C@H](c3ccccc3)C[C@H]2O1. The van der Waals surface area contributed by atoms with Crippen molar-refractivity contribution in [3.63, 3.8) is 0 Å². The van der Waals surface area contributed by atoms with Gasteiger partial charge in [-0.3, -0.25) is 0 Å². The second-order valence-electron chi connectivity index (χ2n) is 4.07. The quantitative estimate of drug-likeness (QED) is 0.673. The number of benzene rings is 1. The van der Waals surface area contributed by atoms with E-state index in [2.05, 4.69) is 0 Å². The van der Waals surface area contributed by atoms with Gasteiger partial charge >= 0.3 is 5.97 Å². The molecule has 82 valence electrons. The summed E-state index contributed by atoms with van der Waals surface area (Å²) in [4.78, 5) is 11.1. The highest BCUT2D eigenvalue weighted by Gasteiger charge is 2.38. The first-order valence-electron chi connectivity index (χ1n) is 5.42. The summed E-state index contributed by atoms with van der Waals surface area (Å²) in [7, 11) is 0. The Morgan fingerprint density at radius 3 is 2.81 bits per heavy atom. The van der Waals surface area contributed by atoms with E-state index in [0.29, 0.717) is 0 Å². The summed E-state index contributed by atoms with van der Waals surface area (Å²) in [5.41, 5.74) is 1.14. The van der Waals surface area contributed by atoms with Gasteiger partial charge in [0.2, 0.25) is 0 Å². The molecule has 3 rings (SSSR count). The zero-order chi connectivity index (χ0) is 11.0. The van der Waals surface area contributed by atoms with Gasteiger partial charge < -0.3 is 9.47 Å². The largest absolute Gasteiger partial charge is 0.456 e. The maximum atomic E-state index is 11.1. The van der Waals surface area contributed by atoms with Crippen LogP contribution in [0, 0.1) is 0 Å². The van der Waals surface area contributed by atoms with E-state index in [1.807, 2.05) is 30.3 Å². The Morgan fingerprint density at radius 2 is 2.00 bits per heavy atom. The molecule has 2 aliphatic heterocycles. The van der Waals surface area contributed by atoms with Crippen LogP contribution in [0.25, 0.3) is 0 Å². The van der Waals surface area contributed by atoms with Crippen LogP contribution in [-0.4, -0.2) is 18.2 Å². The molecule has 0 radical (unpaired) electrons. The van der Waals surface area contributed by atoms with Crippen LogP contribution >= 0.6 is 0 Å². The normalized spacial score (nSPS) is 32.2. The smallest absolute Gasteiger partial charge is 0.330 e. The van der Waals surface area contributed by atoms with Crippen LogP contribution in [0.5, 0.6) is 0 Å². The summed E-state index contributed by atoms with van der Waals surface area (Å²) in [6.45, 7) is 0. The molecule has 0 spiro atoms. The van der Waals surface area contributed by atoms with Crippen LogP contribution in [0.1, 0.15) is 18.1 Å². The van der Waals surface area contributed by atoms with Crippen molar-refractivity contribution in [3.05, 3.63) is 48.0 Å². The molecule has 1 fully saturated rings. The minimum absolute atomic E-state index is 0.0340. The van der Waals surface area contributed by atoms with Crippen LogP contribution in [0.3, 0.4) is 0 Å². The molecule has 3 atom stereocenters. The second-order valence-corrected chi connectivity index (χ2v) is 4.07. The van der Waals surface area contributed by atoms with E-state index in [9.17, 15) is 4.79 Å². The summed E-state index contributed by atoms with van der Waals surface area (Å²) in [5.74, 6) is -0.265. The van der Waals surface area contributed by atoms with Crippen LogP contribution < -0.4 is 0 Å². The van der Waals surface area contributed by atoms with Gasteiger partial charge in [0, 0.05) is 12.5 Å². The number of ether oxygens (including phenoxy) is 2. The van der Waals surface area contributed by atoms with Crippen LogP contribution in [-0.2, 0) is 14.3 Å². The van der Waals surface area contributed by atoms with Crippen LogP contribution in [0.4, 0.5) is 0 Å². The first-order valence-corrected chi connectivity index (χ1v) is 5.42. The van der Waals surface area contributed by atoms with Gasteiger partial charge in [-0.05, 0) is 11.6 Å². The standard InChI is InChI=1S/C13H12O3/c14-13-7-6-10-12(16-13)8-11(15-10)9-4-2-1-3-5-9/h1-7,10-12H,8H2/t10-,11+,12-/m1/s1. The molecular formula is C13H12O3. The lowest BCUT2D eigenvalue weighted by Gasteiger charge is -2.18. The average Bonchev–Trinajstić information content (AvgIpc) is 2.73. The highest BCUT2D eigenvalue weighted by Crippen LogP contribution is 2.36. The third-order valence-corrected chi connectivity index (χ3v) is 3.00. The molecule has 0 aromatic heterocycles.